The van der Waals surface area contributed by atoms with Gasteiger partial charge in [0.25, 0.3) is 0 Å². The normalized spacial score (nSPS) is 19.4. The van der Waals surface area contributed by atoms with Gasteiger partial charge in [-0.15, -0.1) is 0 Å². The van der Waals surface area contributed by atoms with E-state index in [1.807, 2.05) is 70.7 Å². The molecule has 72 heavy (non-hydrogen) atoms. The number of hydrogen-bond acceptors (Lipinski definition) is 10. The number of Topliss-reactive ketones (excluding diaryl/α,β-unsaturated/α-hetero) is 1. The first-order chi connectivity index (χ1) is 34.0. The molecule has 7 unspecified atom stereocenters. The molecule has 2 aromatic rings. The molecule has 8 atom stereocenters. The molecule has 1 aliphatic heterocycles. The van der Waals surface area contributed by atoms with E-state index in [0.29, 0.717) is 64.0 Å². The molecule has 0 radical (unpaired) electrons. The van der Waals surface area contributed by atoms with E-state index in [1.165, 1.54) is 23.4 Å². The highest BCUT2D eigenvalue weighted by molar-refractivity contribution is 5.90. The molecular formula is C55H95N7O10. The Morgan fingerprint density at radius 3 is 2.04 bits per heavy atom. The Labute approximate surface area is 431 Å². The third kappa shape index (κ3) is 21.3. The third-order valence-electron chi connectivity index (χ3n) is 14.4. The number of carbonyl (C=O) groups excluding carboxylic acids is 6. The molecule has 1 aliphatic carbocycles. The number of carboxylic acids is 1. The molecule has 1 saturated carbocycles. The van der Waals surface area contributed by atoms with Crippen LogP contribution in [-0.4, -0.2) is 138 Å². The topological polar surface area (TPSA) is 243 Å². The van der Waals surface area contributed by atoms with Crippen molar-refractivity contribution < 1.29 is 48.1 Å². The van der Waals surface area contributed by atoms with E-state index in [1.54, 1.807) is 21.1 Å². The minimum absolute atomic E-state index is 0.0221. The molecule has 2 heterocycles. The minimum Gasteiger partial charge on any atom is -0.481 e. The van der Waals surface area contributed by atoms with Crippen molar-refractivity contribution in [2.24, 2.45) is 41.2 Å². The molecule has 0 spiro atoms. The summed E-state index contributed by atoms with van der Waals surface area (Å²) in [6.45, 7) is 24.6. The number of likely N-dealkylation sites (tertiary alicyclic amines) is 1. The number of nitrogens with one attached hydrogen (secondary N) is 4. The van der Waals surface area contributed by atoms with E-state index in [2.05, 4.69) is 66.8 Å². The van der Waals surface area contributed by atoms with Gasteiger partial charge in [0.15, 0.2) is 5.78 Å². The van der Waals surface area contributed by atoms with Crippen LogP contribution in [0.2, 0.25) is 0 Å². The Morgan fingerprint density at radius 2 is 1.53 bits per heavy atom. The van der Waals surface area contributed by atoms with Crippen molar-refractivity contribution >= 4 is 52.2 Å². The second-order valence-corrected chi connectivity index (χ2v) is 20.3. The van der Waals surface area contributed by atoms with Crippen LogP contribution < -0.4 is 21.7 Å². The fourth-order valence-corrected chi connectivity index (χ4v) is 9.75. The predicted octanol–water partition coefficient (Wildman–Crippen LogP) is 7.03. The number of nitrogens with two attached hydrogens (primary N) is 1. The van der Waals surface area contributed by atoms with Crippen molar-refractivity contribution in [2.45, 2.75) is 184 Å². The molecule has 7 N–H and O–H groups in total. The highest BCUT2D eigenvalue weighted by Gasteiger charge is 2.41. The number of aromatic amines is 1. The van der Waals surface area contributed by atoms with E-state index >= 15 is 0 Å². The van der Waals surface area contributed by atoms with Gasteiger partial charge in [-0.05, 0) is 108 Å². The monoisotopic (exact) mass is 1010 g/mol. The van der Waals surface area contributed by atoms with Crippen molar-refractivity contribution in [1.29, 1.82) is 0 Å². The maximum absolute atomic E-state index is 13.1. The Hall–Kier alpha value is -4.87. The van der Waals surface area contributed by atoms with E-state index in [0.717, 1.165) is 19.3 Å². The van der Waals surface area contributed by atoms with Crippen LogP contribution in [0, 0.1) is 42.4 Å². The number of ether oxygens (including phenoxy) is 2. The standard InChI is InChI=1S/C23H41N3O5.C21H39N3O5.C9H9N.C2H6/c1-14(2)20(16(5)27)25-22(29)21(15(3)4)26(6)13-7-8-19(28)24-18-11-9-17(10-12-18)23(30)31;1-7-13(2)14(3)17(28-5)11-19(26)24-10-8-9-16(24)20(29-6)15(4)21(27)23-12-18(22)25;1-7-6-10-9-5-3-2-4-8(7)9;1-2/h14-15,17-18,20-21H,7-13H2,1-6H3,(H,24,28)(H,25,29)(H,30,31);13-17,20H,7-12H2,1-6H3,(H2,22,25)(H,23,27);2-6,10H,1H3;1-2H3/t17?,18?,20-,21?;;;/m0.../s1. The molecule has 0 bridgehead atoms. The number of benzene rings is 1. The number of hydrogen-bond donors (Lipinski definition) is 6. The number of aromatic nitrogens is 1. The van der Waals surface area contributed by atoms with Crippen molar-refractivity contribution in [3.8, 4) is 0 Å². The zero-order valence-corrected chi connectivity index (χ0v) is 46.6. The second kappa shape index (κ2) is 33.8. The van der Waals surface area contributed by atoms with Crippen LogP contribution in [0.25, 0.3) is 10.9 Å². The van der Waals surface area contributed by atoms with Gasteiger partial charge in [-0.2, -0.15) is 0 Å². The van der Waals surface area contributed by atoms with E-state index in [4.69, 9.17) is 20.3 Å². The van der Waals surface area contributed by atoms with Crippen LogP contribution in [0.4, 0.5) is 0 Å². The fourth-order valence-electron chi connectivity index (χ4n) is 9.75. The van der Waals surface area contributed by atoms with E-state index < -0.39 is 29.9 Å². The molecule has 1 aromatic heterocycles. The van der Waals surface area contributed by atoms with Gasteiger partial charge in [0.2, 0.25) is 29.5 Å². The van der Waals surface area contributed by atoms with Gasteiger partial charge in [0.1, 0.15) is 0 Å². The van der Waals surface area contributed by atoms with Gasteiger partial charge >= 0.3 is 5.97 Å². The van der Waals surface area contributed by atoms with Crippen LogP contribution in [0.1, 0.15) is 146 Å². The summed E-state index contributed by atoms with van der Waals surface area (Å²) in [7, 11) is 5.07. The van der Waals surface area contributed by atoms with Crippen molar-refractivity contribution in [3.63, 3.8) is 0 Å². The molecule has 410 valence electrons. The van der Waals surface area contributed by atoms with Crippen molar-refractivity contribution in [3.05, 3.63) is 36.0 Å². The average molecular weight is 1010 g/mol. The van der Waals surface area contributed by atoms with E-state index in [9.17, 15) is 33.6 Å². The summed E-state index contributed by atoms with van der Waals surface area (Å²) >= 11 is 0. The lowest BCUT2D eigenvalue weighted by atomic mass is 9.86. The molecule has 2 aliphatic rings. The van der Waals surface area contributed by atoms with Gasteiger partial charge in [-0.1, -0.05) is 93.9 Å². The number of para-hydroxylation sites is 1. The van der Waals surface area contributed by atoms with Crippen LogP contribution in [0.3, 0.4) is 0 Å². The maximum atomic E-state index is 13.1. The average Bonchev–Trinajstić information content (AvgIpc) is 3.99. The number of carboxylic acid groups (broad SMARTS) is 1. The summed E-state index contributed by atoms with van der Waals surface area (Å²) in [6.07, 6.45) is 8.00. The minimum atomic E-state index is -0.750. The smallest absolute Gasteiger partial charge is 0.306 e. The lowest BCUT2D eigenvalue weighted by Crippen LogP contribution is -2.54. The molecule has 5 amide bonds. The van der Waals surface area contributed by atoms with Gasteiger partial charge < -0.3 is 46.1 Å². The molecular weight excluding hydrogens is 919 g/mol. The Morgan fingerprint density at radius 1 is 0.903 bits per heavy atom. The molecule has 2 fully saturated rings. The fraction of sp³-hybridized carbons (Fsp3) is 0.727. The lowest BCUT2D eigenvalue weighted by Gasteiger charge is -2.35. The number of aryl methyl sites for hydroxylation is 1. The summed E-state index contributed by atoms with van der Waals surface area (Å²) in [5.74, 6) is -1.88. The van der Waals surface area contributed by atoms with Crippen molar-refractivity contribution in [1.82, 2.24) is 30.7 Å². The molecule has 1 saturated heterocycles. The number of nitrogens with zero attached hydrogens (tertiary/aromatic N) is 2. The van der Waals surface area contributed by atoms with Gasteiger partial charge in [-0.25, -0.2) is 0 Å². The van der Waals surface area contributed by atoms with E-state index in [-0.39, 0.29) is 83.9 Å². The summed E-state index contributed by atoms with van der Waals surface area (Å²) in [5, 5.41) is 18.8. The number of methoxy groups -OCH3 is 2. The van der Waals surface area contributed by atoms with Gasteiger partial charge in [0, 0.05) is 50.3 Å². The zero-order valence-electron chi connectivity index (χ0n) is 46.6. The van der Waals surface area contributed by atoms with Crippen LogP contribution in [-0.2, 0) is 43.0 Å². The Bertz CT molecular complexity index is 1960. The number of rotatable bonds is 24. The molecule has 4 rings (SSSR count). The summed E-state index contributed by atoms with van der Waals surface area (Å²) in [4.78, 5) is 91.4. The van der Waals surface area contributed by atoms with Crippen LogP contribution >= 0.6 is 0 Å². The SMILES string of the molecule is CC.CC(=O)[C@@H](NC(=O)C(C(C)C)N(C)CCCC(=O)NC1CCC(C(=O)O)CC1)C(C)C.CCC(C)C(C)C(CC(=O)N1CCCC1C(OC)C(C)C(=O)NCC(N)=O)OC.Cc1c[nH]c2ccccc12. The summed E-state index contributed by atoms with van der Waals surface area (Å²) in [5.41, 5.74) is 7.64. The number of ketones is 1. The number of aliphatic carboxylic acids is 1. The number of amides is 5. The highest BCUT2D eigenvalue weighted by atomic mass is 16.5. The predicted molar refractivity (Wildman–Crippen MR) is 285 cm³/mol. The maximum Gasteiger partial charge on any atom is 0.306 e. The lowest BCUT2D eigenvalue weighted by molar-refractivity contribution is -0.143. The van der Waals surface area contributed by atoms with Crippen molar-refractivity contribution in [2.75, 3.05) is 40.9 Å². The number of primary amides is 1. The van der Waals surface area contributed by atoms with Crippen LogP contribution in [0.5, 0.6) is 0 Å². The number of likely N-dealkylation sites (N-methyl/N-ethyl adjacent to an activating group) is 1. The quantitative estimate of drug-likeness (QED) is 0.0624. The molecule has 17 nitrogen and oxygen atoms in total. The van der Waals surface area contributed by atoms with Gasteiger partial charge in [-0.3, -0.25) is 38.5 Å². The summed E-state index contributed by atoms with van der Waals surface area (Å²) in [6, 6.07) is 7.30. The Kier molecular flexibility index (Phi) is 30.6. The Balaban J connectivity index is 0.000000584. The highest BCUT2D eigenvalue weighted by Crippen LogP contribution is 2.30. The first-order valence-electron chi connectivity index (χ1n) is 26.5. The molecule has 1 aromatic carbocycles. The zero-order chi connectivity index (χ0) is 54.8. The number of H-pyrrole nitrogens is 1. The molecule has 17 heteroatoms. The van der Waals surface area contributed by atoms with Crippen LogP contribution in [0.15, 0.2) is 30.5 Å². The van der Waals surface area contributed by atoms with Gasteiger partial charge in [0.05, 0.1) is 55.1 Å². The third-order valence-corrected chi connectivity index (χ3v) is 14.4. The number of fused-ring (bicyclic) bond motifs is 1. The largest absolute Gasteiger partial charge is 0.481 e. The summed E-state index contributed by atoms with van der Waals surface area (Å²) < 4.78 is 11.3. The first kappa shape index (κ1) is 65.1. The second-order valence-electron chi connectivity index (χ2n) is 20.3. The number of carbonyl (C=O) groups is 7. The first-order valence-corrected chi connectivity index (χ1v) is 26.5.